The molecule has 0 aliphatic carbocycles. The molecule has 1 N–H and O–H groups in total. The molecule has 2 aromatic rings. The van der Waals surface area contributed by atoms with Crippen LogP contribution in [0.1, 0.15) is 49.8 Å². The number of rotatable bonds is 10. The van der Waals surface area contributed by atoms with Crippen molar-refractivity contribution >= 4 is 27.8 Å². The Labute approximate surface area is 230 Å². The van der Waals surface area contributed by atoms with Crippen molar-refractivity contribution in [2.75, 3.05) is 33.9 Å². The number of benzene rings is 2. The summed E-state index contributed by atoms with van der Waals surface area (Å²) in [5.41, 5.74) is 2.58. The van der Waals surface area contributed by atoms with Gasteiger partial charge in [-0.3, -0.25) is 14.4 Å². The normalized spacial score (nSPS) is 16.2. The molecule has 0 spiro atoms. The Bertz CT molecular complexity index is 1290. The van der Waals surface area contributed by atoms with Gasteiger partial charge in [-0.15, -0.1) is 0 Å². The number of amides is 2. The Morgan fingerprint density at radius 3 is 2.33 bits per heavy atom. The molecule has 3 rings (SSSR count). The van der Waals surface area contributed by atoms with Crippen molar-refractivity contribution in [3.8, 4) is 5.75 Å². The quantitative estimate of drug-likeness (QED) is 0.444. The van der Waals surface area contributed by atoms with Crippen LogP contribution < -0.4 is 10.1 Å². The van der Waals surface area contributed by atoms with Crippen LogP contribution in [0.4, 0.5) is 0 Å². The van der Waals surface area contributed by atoms with Crippen LogP contribution in [0.5, 0.6) is 5.75 Å². The van der Waals surface area contributed by atoms with Crippen molar-refractivity contribution in [2.24, 2.45) is 0 Å². The van der Waals surface area contributed by atoms with Gasteiger partial charge >= 0.3 is 5.97 Å². The van der Waals surface area contributed by atoms with Gasteiger partial charge in [0.05, 0.1) is 19.1 Å². The third-order valence-electron chi connectivity index (χ3n) is 6.88. The summed E-state index contributed by atoms with van der Waals surface area (Å²) in [6, 6.07) is 11.2. The van der Waals surface area contributed by atoms with E-state index in [1.807, 2.05) is 24.3 Å². The Hall–Kier alpha value is -3.44. The summed E-state index contributed by atoms with van der Waals surface area (Å²) in [5.74, 6) is -0.329. The molecule has 0 saturated carbocycles. The van der Waals surface area contributed by atoms with Crippen LogP contribution in [0.25, 0.3) is 0 Å². The van der Waals surface area contributed by atoms with Crippen LogP contribution in [-0.2, 0) is 42.1 Å². The Balaban J connectivity index is 1.86. The van der Waals surface area contributed by atoms with Gasteiger partial charge in [0, 0.05) is 39.5 Å². The van der Waals surface area contributed by atoms with Gasteiger partial charge in [0.15, 0.2) is 0 Å². The molecule has 1 heterocycles. The van der Waals surface area contributed by atoms with E-state index < -0.39 is 27.9 Å². The number of ether oxygens (including phenoxy) is 2. The lowest BCUT2D eigenvalue weighted by atomic mass is 10.0. The summed E-state index contributed by atoms with van der Waals surface area (Å²) >= 11 is 0. The predicted octanol–water partition coefficient (Wildman–Crippen LogP) is 2.46. The summed E-state index contributed by atoms with van der Waals surface area (Å²) in [7, 11) is -1.39. The smallest absolute Gasteiger partial charge is 0.305 e. The first kappa shape index (κ1) is 30.1. The second-order valence-electron chi connectivity index (χ2n) is 9.76. The molecule has 1 atom stereocenters. The average Bonchev–Trinajstić information content (AvgIpc) is 2.94. The molecular formula is C28H37N3O7S. The number of carbonyl (C=O) groups is 3. The van der Waals surface area contributed by atoms with Crippen LogP contribution >= 0.6 is 0 Å². The number of methoxy groups -OCH3 is 2. The monoisotopic (exact) mass is 559 g/mol. The van der Waals surface area contributed by atoms with E-state index in [0.717, 1.165) is 9.87 Å². The maximum atomic E-state index is 13.8. The number of hydrogen-bond acceptors (Lipinski definition) is 7. The summed E-state index contributed by atoms with van der Waals surface area (Å²) in [6.45, 7) is 5.89. The maximum absolute atomic E-state index is 13.8. The van der Waals surface area contributed by atoms with E-state index >= 15 is 0 Å². The average molecular weight is 560 g/mol. The van der Waals surface area contributed by atoms with E-state index in [4.69, 9.17) is 9.47 Å². The van der Waals surface area contributed by atoms with E-state index in [1.54, 1.807) is 0 Å². The lowest BCUT2D eigenvalue weighted by molar-refractivity contribution is -0.140. The minimum Gasteiger partial charge on any atom is -0.496 e. The zero-order chi connectivity index (χ0) is 28.7. The highest BCUT2D eigenvalue weighted by Gasteiger charge is 2.41. The van der Waals surface area contributed by atoms with Gasteiger partial charge in [0.1, 0.15) is 11.8 Å². The fourth-order valence-electron chi connectivity index (χ4n) is 4.47. The fourth-order valence-corrected chi connectivity index (χ4v) is 6.09. The fraction of sp³-hybridized carbons (Fsp3) is 0.464. The van der Waals surface area contributed by atoms with Crippen LogP contribution in [0.2, 0.25) is 0 Å². The van der Waals surface area contributed by atoms with Crippen molar-refractivity contribution in [1.29, 1.82) is 0 Å². The van der Waals surface area contributed by atoms with E-state index in [1.165, 1.54) is 49.8 Å². The third kappa shape index (κ3) is 7.36. The van der Waals surface area contributed by atoms with Gasteiger partial charge in [0.2, 0.25) is 21.8 Å². The molecule has 1 saturated heterocycles. The zero-order valence-electron chi connectivity index (χ0n) is 23.1. The minimum absolute atomic E-state index is 0.0264. The lowest BCUT2D eigenvalue weighted by Gasteiger charge is -2.39. The number of hydrogen-bond donors (Lipinski definition) is 1. The Morgan fingerprint density at radius 2 is 1.74 bits per heavy atom. The first-order valence-electron chi connectivity index (χ1n) is 12.9. The van der Waals surface area contributed by atoms with Gasteiger partial charge in [-0.1, -0.05) is 38.1 Å². The van der Waals surface area contributed by atoms with Crippen molar-refractivity contribution in [2.45, 2.75) is 57.0 Å². The molecule has 2 amide bonds. The number of carbonyl (C=O) groups excluding carboxylic acids is 3. The molecule has 1 fully saturated rings. The van der Waals surface area contributed by atoms with E-state index in [-0.39, 0.29) is 49.8 Å². The second kappa shape index (κ2) is 13.1. The number of nitrogens with one attached hydrogen (secondary N) is 1. The summed E-state index contributed by atoms with van der Waals surface area (Å²) < 4.78 is 38.8. The van der Waals surface area contributed by atoms with Crippen LogP contribution in [0.3, 0.4) is 0 Å². The SMILES string of the molecule is COC(=O)CCc1cc(S(=O)(=O)N2CCN(C(C)=O)C[C@@H]2C(=O)NCc2ccc(C(C)C)cc2)ccc1OC. The lowest BCUT2D eigenvalue weighted by Crippen LogP contribution is -2.61. The van der Waals surface area contributed by atoms with Gasteiger partial charge < -0.3 is 19.7 Å². The molecule has 0 radical (unpaired) electrons. The van der Waals surface area contributed by atoms with Crippen LogP contribution in [0.15, 0.2) is 47.4 Å². The maximum Gasteiger partial charge on any atom is 0.305 e. The van der Waals surface area contributed by atoms with Crippen molar-refractivity contribution in [3.63, 3.8) is 0 Å². The number of piperazine rings is 1. The highest BCUT2D eigenvalue weighted by molar-refractivity contribution is 7.89. The molecule has 0 unspecified atom stereocenters. The third-order valence-corrected chi connectivity index (χ3v) is 8.78. The minimum atomic E-state index is -4.13. The first-order valence-corrected chi connectivity index (χ1v) is 14.3. The van der Waals surface area contributed by atoms with Crippen LogP contribution in [0, 0.1) is 0 Å². The number of sulfonamides is 1. The number of aryl methyl sites for hydroxylation is 1. The predicted molar refractivity (Wildman–Crippen MR) is 146 cm³/mol. The van der Waals surface area contributed by atoms with Gasteiger partial charge in [-0.2, -0.15) is 4.31 Å². The molecule has 11 heteroatoms. The highest BCUT2D eigenvalue weighted by Crippen LogP contribution is 2.28. The molecule has 1 aliphatic heterocycles. The Morgan fingerprint density at radius 1 is 1.05 bits per heavy atom. The molecule has 0 bridgehead atoms. The van der Waals surface area contributed by atoms with Gasteiger partial charge in [-0.25, -0.2) is 8.42 Å². The Kier molecular flexibility index (Phi) is 10.1. The molecule has 10 nitrogen and oxygen atoms in total. The molecule has 212 valence electrons. The van der Waals surface area contributed by atoms with Crippen molar-refractivity contribution in [3.05, 3.63) is 59.2 Å². The molecule has 0 aromatic heterocycles. The van der Waals surface area contributed by atoms with Crippen molar-refractivity contribution < 1.29 is 32.3 Å². The number of nitrogens with zero attached hydrogens (tertiary/aromatic N) is 2. The van der Waals surface area contributed by atoms with E-state index in [2.05, 4.69) is 19.2 Å². The van der Waals surface area contributed by atoms with E-state index in [9.17, 15) is 22.8 Å². The topological polar surface area (TPSA) is 122 Å². The molecule has 1 aliphatic rings. The number of esters is 1. The molecule has 39 heavy (non-hydrogen) atoms. The summed E-state index contributed by atoms with van der Waals surface area (Å²) in [5, 5.41) is 2.84. The van der Waals surface area contributed by atoms with Gasteiger partial charge in [-0.05, 0) is 47.2 Å². The van der Waals surface area contributed by atoms with E-state index in [0.29, 0.717) is 17.2 Å². The van der Waals surface area contributed by atoms with Crippen LogP contribution in [-0.4, -0.2) is 75.3 Å². The van der Waals surface area contributed by atoms with Gasteiger partial charge in [0.25, 0.3) is 0 Å². The highest BCUT2D eigenvalue weighted by atomic mass is 32.2. The largest absolute Gasteiger partial charge is 0.496 e. The van der Waals surface area contributed by atoms with Crippen molar-refractivity contribution in [1.82, 2.24) is 14.5 Å². The zero-order valence-corrected chi connectivity index (χ0v) is 23.9. The molecule has 2 aromatic carbocycles. The standard InChI is InChI=1S/C28H37N3O7S/c1-19(2)22-8-6-21(7-9-22)17-29-28(34)25-18-30(20(3)32)14-15-31(25)39(35,36)24-11-12-26(37-4)23(16-24)10-13-27(33)38-5/h6-9,11-12,16,19,25H,10,13-15,17-18H2,1-5H3,(H,29,34)/t25-/m1/s1. The second-order valence-corrected chi connectivity index (χ2v) is 11.7. The first-order chi connectivity index (χ1) is 18.5. The molecular weight excluding hydrogens is 522 g/mol. The summed E-state index contributed by atoms with van der Waals surface area (Å²) in [4.78, 5) is 38.6. The summed E-state index contributed by atoms with van der Waals surface area (Å²) in [6.07, 6.45) is 0.271.